The van der Waals surface area contributed by atoms with Crippen LogP contribution in [0.4, 0.5) is 0 Å². The van der Waals surface area contributed by atoms with E-state index >= 15 is 0 Å². The smallest absolute Gasteiger partial charge is 0.267 e. The molecule has 1 aliphatic rings. The lowest BCUT2D eigenvalue weighted by atomic mass is 9.88. The topological polar surface area (TPSA) is 71.2 Å². The Bertz CT molecular complexity index is 769. The lowest BCUT2D eigenvalue weighted by Gasteiger charge is -2.28. The maximum absolute atomic E-state index is 12.2. The first kappa shape index (κ1) is 16.7. The van der Waals surface area contributed by atoms with Gasteiger partial charge in [0, 0.05) is 11.9 Å². The number of nitrogens with one attached hydrogen (secondary N) is 2. The molecule has 0 aliphatic heterocycles. The third-order valence-electron chi connectivity index (χ3n) is 4.75. The van der Waals surface area contributed by atoms with Crippen LogP contribution in [0.25, 0.3) is 10.8 Å². The minimum absolute atomic E-state index is 0.245. The van der Waals surface area contributed by atoms with Crippen molar-refractivity contribution in [2.45, 2.75) is 38.7 Å². The third kappa shape index (κ3) is 3.85. The van der Waals surface area contributed by atoms with Crippen molar-refractivity contribution in [1.82, 2.24) is 10.3 Å². The third-order valence-corrected chi connectivity index (χ3v) is 4.75. The number of carbonyl (C=O) groups is 1. The molecule has 2 atom stereocenters. The average molecular weight is 328 g/mol. The predicted molar refractivity (Wildman–Crippen MR) is 94.3 cm³/mol. The summed E-state index contributed by atoms with van der Waals surface area (Å²) in [7, 11) is 0. The zero-order valence-corrected chi connectivity index (χ0v) is 14.0. The van der Waals surface area contributed by atoms with Crippen LogP contribution in [0.1, 0.15) is 43.1 Å². The molecule has 1 heterocycles. The number of fused-ring (bicyclic) bond motifs is 1. The second-order valence-corrected chi connectivity index (χ2v) is 6.53. The molecule has 1 aromatic carbocycles. The molecule has 1 aromatic heterocycles. The van der Waals surface area contributed by atoms with E-state index in [-0.39, 0.29) is 17.2 Å². The lowest BCUT2D eigenvalue weighted by Crippen LogP contribution is -2.32. The zero-order valence-electron chi connectivity index (χ0n) is 14.0. The highest BCUT2D eigenvalue weighted by Gasteiger charge is 2.21. The van der Waals surface area contributed by atoms with Crippen LogP contribution in [0.2, 0.25) is 0 Å². The highest BCUT2D eigenvalue weighted by molar-refractivity contribution is 5.96. The lowest BCUT2D eigenvalue weighted by molar-refractivity contribution is -0.00295. The van der Waals surface area contributed by atoms with Crippen molar-refractivity contribution < 1.29 is 9.53 Å². The SMILES string of the molecule is C[C@H]1CCCC[C@H]1OCCNC(=O)c1cc2ccccc2c(=O)[nH]1. The van der Waals surface area contributed by atoms with E-state index in [1.54, 1.807) is 18.2 Å². The van der Waals surface area contributed by atoms with Gasteiger partial charge in [0.05, 0.1) is 12.7 Å². The van der Waals surface area contributed by atoms with Crippen LogP contribution in [-0.2, 0) is 4.74 Å². The summed E-state index contributed by atoms with van der Waals surface area (Å²) >= 11 is 0. The van der Waals surface area contributed by atoms with E-state index in [1.807, 2.05) is 12.1 Å². The molecule has 5 heteroatoms. The number of amides is 1. The van der Waals surface area contributed by atoms with Gasteiger partial charge in [0.1, 0.15) is 5.69 Å². The van der Waals surface area contributed by atoms with E-state index < -0.39 is 0 Å². The fourth-order valence-corrected chi connectivity index (χ4v) is 3.33. The number of aromatic nitrogens is 1. The van der Waals surface area contributed by atoms with Crippen molar-refractivity contribution in [2.24, 2.45) is 5.92 Å². The van der Waals surface area contributed by atoms with Crippen LogP contribution in [0.5, 0.6) is 0 Å². The van der Waals surface area contributed by atoms with Crippen LogP contribution >= 0.6 is 0 Å². The van der Waals surface area contributed by atoms with Crippen molar-refractivity contribution in [1.29, 1.82) is 0 Å². The van der Waals surface area contributed by atoms with Crippen molar-refractivity contribution in [3.8, 4) is 0 Å². The number of H-pyrrole nitrogens is 1. The van der Waals surface area contributed by atoms with Crippen LogP contribution in [0.15, 0.2) is 35.1 Å². The van der Waals surface area contributed by atoms with Crippen LogP contribution < -0.4 is 10.9 Å². The van der Waals surface area contributed by atoms with Gasteiger partial charge in [0.25, 0.3) is 11.5 Å². The minimum Gasteiger partial charge on any atom is -0.376 e. The zero-order chi connectivity index (χ0) is 16.9. The molecule has 1 saturated carbocycles. The molecular formula is C19H24N2O3. The van der Waals surface area contributed by atoms with E-state index in [4.69, 9.17) is 4.74 Å². The Labute approximate surface area is 141 Å². The van der Waals surface area contributed by atoms with Gasteiger partial charge >= 0.3 is 0 Å². The van der Waals surface area contributed by atoms with Crippen molar-refractivity contribution in [3.63, 3.8) is 0 Å². The molecule has 0 unspecified atom stereocenters. The van der Waals surface area contributed by atoms with E-state index in [9.17, 15) is 9.59 Å². The number of rotatable bonds is 5. The van der Waals surface area contributed by atoms with E-state index in [0.29, 0.717) is 30.6 Å². The average Bonchev–Trinajstić information content (AvgIpc) is 2.60. The van der Waals surface area contributed by atoms with Gasteiger partial charge in [0.15, 0.2) is 0 Å². The second kappa shape index (κ2) is 7.62. The van der Waals surface area contributed by atoms with Gasteiger partial charge in [-0.15, -0.1) is 0 Å². The molecule has 2 N–H and O–H groups in total. The quantitative estimate of drug-likeness (QED) is 0.829. The summed E-state index contributed by atoms with van der Waals surface area (Å²) in [5.41, 5.74) is 0.0373. The molecule has 24 heavy (non-hydrogen) atoms. The Kier molecular flexibility index (Phi) is 5.30. The maximum atomic E-state index is 12.2. The number of carbonyl (C=O) groups excluding carboxylic acids is 1. The first-order valence-corrected chi connectivity index (χ1v) is 8.67. The van der Waals surface area contributed by atoms with Gasteiger partial charge in [0.2, 0.25) is 0 Å². The largest absolute Gasteiger partial charge is 0.376 e. The molecular weight excluding hydrogens is 304 g/mol. The molecule has 0 radical (unpaired) electrons. The first-order valence-electron chi connectivity index (χ1n) is 8.67. The summed E-state index contributed by atoms with van der Waals surface area (Å²) in [5.74, 6) is 0.310. The summed E-state index contributed by atoms with van der Waals surface area (Å²) in [6.45, 7) is 3.16. The predicted octanol–water partition coefficient (Wildman–Crippen LogP) is 2.85. The maximum Gasteiger partial charge on any atom is 0.267 e. The van der Waals surface area contributed by atoms with Gasteiger partial charge in [-0.25, -0.2) is 0 Å². The summed E-state index contributed by atoms with van der Waals surface area (Å²) in [6, 6.07) is 8.93. The molecule has 0 spiro atoms. The molecule has 0 saturated heterocycles. The molecule has 1 amide bonds. The van der Waals surface area contributed by atoms with E-state index in [1.165, 1.54) is 19.3 Å². The van der Waals surface area contributed by atoms with Crippen molar-refractivity contribution in [3.05, 3.63) is 46.4 Å². The number of benzene rings is 1. The fraction of sp³-hybridized carbons (Fsp3) is 0.474. The summed E-state index contributed by atoms with van der Waals surface area (Å²) in [5, 5.41) is 4.16. The molecule has 1 fully saturated rings. The Hall–Kier alpha value is -2.14. The molecule has 128 valence electrons. The van der Waals surface area contributed by atoms with Crippen LogP contribution in [0.3, 0.4) is 0 Å². The summed E-state index contributed by atoms with van der Waals surface area (Å²) in [4.78, 5) is 26.9. The highest BCUT2D eigenvalue weighted by Crippen LogP contribution is 2.25. The summed E-state index contributed by atoms with van der Waals surface area (Å²) < 4.78 is 5.89. The number of hydrogen-bond donors (Lipinski definition) is 2. The van der Waals surface area contributed by atoms with E-state index in [2.05, 4.69) is 17.2 Å². The minimum atomic E-state index is -0.279. The molecule has 3 rings (SSSR count). The Morgan fingerprint density at radius 2 is 2.08 bits per heavy atom. The van der Waals surface area contributed by atoms with Crippen LogP contribution in [-0.4, -0.2) is 30.1 Å². The highest BCUT2D eigenvalue weighted by atomic mass is 16.5. The Balaban J connectivity index is 1.54. The Morgan fingerprint density at radius 3 is 2.92 bits per heavy atom. The standard InChI is InChI=1S/C19H24N2O3/c1-13-6-2-5-9-17(13)24-11-10-20-19(23)16-12-14-7-3-4-8-15(14)18(22)21-16/h3-4,7-8,12-13,17H,2,5-6,9-11H2,1H3,(H,20,23)(H,21,22)/t13-,17+/m0/s1. The number of hydrogen-bond acceptors (Lipinski definition) is 3. The van der Waals surface area contributed by atoms with E-state index in [0.717, 1.165) is 11.8 Å². The van der Waals surface area contributed by atoms with Gasteiger partial charge in [-0.05, 0) is 36.3 Å². The molecule has 0 bridgehead atoms. The van der Waals surface area contributed by atoms with Crippen LogP contribution in [0, 0.1) is 5.92 Å². The second-order valence-electron chi connectivity index (χ2n) is 6.53. The fourth-order valence-electron chi connectivity index (χ4n) is 3.33. The number of aromatic amines is 1. The van der Waals surface area contributed by atoms with Gasteiger partial charge in [-0.1, -0.05) is 38.0 Å². The number of ether oxygens (including phenoxy) is 1. The molecule has 5 nitrogen and oxygen atoms in total. The normalized spacial score (nSPS) is 20.9. The number of pyridine rings is 1. The van der Waals surface area contributed by atoms with Gasteiger partial charge < -0.3 is 15.0 Å². The van der Waals surface area contributed by atoms with Crippen molar-refractivity contribution in [2.75, 3.05) is 13.2 Å². The monoisotopic (exact) mass is 328 g/mol. The van der Waals surface area contributed by atoms with Gasteiger partial charge in [-0.3, -0.25) is 9.59 Å². The first-order chi connectivity index (χ1) is 11.6. The molecule has 2 aromatic rings. The van der Waals surface area contributed by atoms with Crippen molar-refractivity contribution >= 4 is 16.7 Å². The Morgan fingerprint density at radius 1 is 1.29 bits per heavy atom. The summed E-state index contributed by atoms with van der Waals surface area (Å²) in [6.07, 6.45) is 5.13. The van der Waals surface area contributed by atoms with Gasteiger partial charge in [-0.2, -0.15) is 0 Å². The molecule has 1 aliphatic carbocycles.